The largest absolute Gasteiger partial charge is 0.340 e. The lowest BCUT2D eigenvalue weighted by molar-refractivity contribution is -0.132. The molecule has 1 aliphatic carbocycles. The Bertz CT molecular complexity index is 525. The minimum absolute atomic E-state index is 0.318. The van der Waals surface area contributed by atoms with Crippen LogP contribution in [0.15, 0.2) is 24.3 Å². The molecule has 0 saturated carbocycles. The average Bonchev–Trinajstić information content (AvgIpc) is 3.03. The van der Waals surface area contributed by atoms with Gasteiger partial charge in [0, 0.05) is 45.2 Å². The highest BCUT2D eigenvalue weighted by molar-refractivity contribution is 5.76. The van der Waals surface area contributed by atoms with E-state index in [1.54, 1.807) is 0 Å². The zero-order chi connectivity index (χ0) is 16.1. The van der Waals surface area contributed by atoms with Crippen LogP contribution in [0.4, 0.5) is 0 Å². The third kappa shape index (κ3) is 3.93. The van der Waals surface area contributed by atoms with Crippen molar-refractivity contribution in [3.05, 3.63) is 35.4 Å². The van der Waals surface area contributed by atoms with E-state index in [9.17, 15) is 4.79 Å². The van der Waals surface area contributed by atoms with Gasteiger partial charge in [-0.2, -0.15) is 0 Å². The van der Waals surface area contributed by atoms with E-state index >= 15 is 0 Å². The minimum atomic E-state index is 0.318. The van der Waals surface area contributed by atoms with Gasteiger partial charge >= 0.3 is 0 Å². The molecule has 1 aliphatic heterocycles. The standard InChI is InChI=1S/C19H29N3O/c1-2-12-21(13-9-19(23)22-14-10-20-11-15-22)18-8-7-16-5-3-4-6-17(16)18/h3-6,18,20H,2,7-15H2,1H3. The normalized spacial score (nSPS) is 20.8. The van der Waals surface area contributed by atoms with Crippen molar-refractivity contribution in [3.63, 3.8) is 0 Å². The number of fused-ring (bicyclic) bond motifs is 1. The number of carbonyl (C=O) groups is 1. The minimum Gasteiger partial charge on any atom is -0.340 e. The lowest BCUT2D eigenvalue weighted by Gasteiger charge is -2.31. The number of hydrogen-bond acceptors (Lipinski definition) is 3. The van der Waals surface area contributed by atoms with Gasteiger partial charge in [-0.1, -0.05) is 31.2 Å². The van der Waals surface area contributed by atoms with Gasteiger partial charge in [0.1, 0.15) is 0 Å². The molecule has 4 heteroatoms. The molecule has 1 fully saturated rings. The van der Waals surface area contributed by atoms with E-state index in [1.165, 1.54) is 24.0 Å². The molecule has 1 N–H and O–H groups in total. The molecule has 1 unspecified atom stereocenters. The molecule has 4 nitrogen and oxygen atoms in total. The van der Waals surface area contributed by atoms with E-state index in [0.717, 1.165) is 45.7 Å². The van der Waals surface area contributed by atoms with E-state index in [2.05, 4.69) is 41.4 Å². The molecule has 23 heavy (non-hydrogen) atoms. The third-order valence-corrected chi connectivity index (χ3v) is 5.14. The van der Waals surface area contributed by atoms with Crippen molar-refractivity contribution >= 4 is 5.91 Å². The van der Waals surface area contributed by atoms with Gasteiger partial charge in [-0.15, -0.1) is 0 Å². The second-order valence-corrected chi connectivity index (χ2v) is 6.67. The average molecular weight is 315 g/mol. The molecule has 3 rings (SSSR count). The lowest BCUT2D eigenvalue weighted by Crippen LogP contribution is -2.47. The summed E-state index contributed by atoms with van der Waals surface area (Å²) in [6.45, 7) is 7.77. The maximum absolute atomic E-state index is 12.4. The van der Waals surface area contributed by atoms with Crippen molar-refractivity contribution in [2.75, 3.05) is 39.3 Å². The second kappa shape index (κ2) is 7.93. The van der Waals surface area contributed by atoms with Crippen molar-refractivity contribution in [2.45, 2.75) is 38.6 Å². The van der Waals surface area contributed by atoms with Crippen molar-refractivity contribution in [1.82, 2.24) is 15.1 Å². The van der Waals surface area contributed by atoms with Crippen LogP contribution >= 0.6 is 0 Å². The van der Waals surface area contributed by atoms with Crippen LogP contribution < -0.4 is 5.32 Å². The Hall–Kier alpha value is -1.39. The second-order valence-electron chi connectivity index (χ2n) is 6.67. The Morgan fingerprint density at radius 2 is 2.04 bits per heavy atom. The first-order chi connectivity index (χ1) is 11.3. The van der Waals surface area contributed by atoms with Crippen LogP contribution in [-0.2, 0) is 11.2 Å². The number of aryl methyl sites for hydroxylation is 1. The Morgan fingerprint density at radius 1 is 1.26 bits per heavy atom. The molecular weight excluding hydrogens is 286 g/mol. The van der Waals surface area contributed by atoms with Crippen molar-refractivity contribution in [2.24, 2.45) is 0 Å². The van der Waals surface area contributed by atoms with Crippen molar-refractivity contribution < 1.29 is 4.79 Å². The van der Waals surface area contributed by atoms with Crippen LogP contribution in [0.25, 0.3) is 0 Å². The lowest BCUT2D eigenvalue weighted by atomic mass is 10.1. The van der Waals surface area contributed by atoms with E-state index in [4.69, 9.17) is 0 Å². The number of piperazine rings is 1. The maximum Gasteiger partial charge on any atom is 0.223 e. The first-order valence-corrected chi connectivity index (χ1v) is 9.10. The van der Waals surface area contributed by atoms with E-state index in [-0.39, 0.29) is 0 Å². The number of amides is 1. The molecular formula is C19H29N3O. The van der Waals surface area contributed by atoms with Gasteiger partial charge in [-0.25, -0.2) is 0 Å². The van der Waals surface area contributed by atoms with Gasteiger partial charge in [-0.3, -0.25) is 9.69 Å². The van der Waals surface area contributed by atoms with Gasteiger partial charge < -0.3 is 10.2 Å². The molecule has 0 radical (unpaired) electrons. The van der Waals surface area contributed by atoms with Crippen LogP contribution in [0.1, 0.15) is 43.4 Å². The summed E-state index contributed by atoms with van der Waals surface area (Å²) >= 11 is 0. The number of benzene rings is 1. The number of nitrogens with zero attached hydrogens (tertiary/aromatic N) is 2. The van der Waals surface area contributed by atoms with Gasteiger partial charge in [-0.05, 0) is 36.9 Å². The Labute approximate surface area is 139 Å². The summed E-state index contributed by atoms with van der Waals surface area (Å²) in [7, 11) is 0. The highest BCUT2D eigenvalue weighted by Gasteiger charge is 2.27. The molecule has 2 aliphatic rings. The fourth-order valence-corrected chi connectivity index (χ4v) is 3.94. The monoisotopic (exact) mass is 315 g/mol. The fourth-order valence-electron chi connectivity index (χ4n) is 3.94. The first-order valence-electron chi connectivity index (χ1n) is 9.10. The Balaban J connectivity index is 1.60. The number of rotatable bonds is 6. The smallest absolute Gasteiger partial charge is 0.223 e. The van der Waals surface area contributed by atoms with Crippen LogP contribution in [0.5, 0.6) is 0 Å². The molecule has 0 spiro atoms. The number of hydrogen-bond donors (Lipinski definition) is 1. The summed E-state index contributed by atoms with van der Waals surface area (Å²) in [5.74, 6) is 0.318. The van der Waals surface area contributed by atoms with E-state index < -0.39 is 0 Å². The molecule has 126 valence electrons. The molecule has 1 aromatic rings. The van der Waals surface area contributed by atoms with E-state index in [0.29, 0.717) is 18.4 Å². The molecule has 0 aromatic heterocycles. The van der Waals surface area contributed by atoms with E-state index in [1.807, 2.05) is 4.90 Å². The predicted molar refractivity (Wildman–Crippen MR) is 93.4 cm³/mol. The SMILES string of the molecule is CCCN(CCC(=O)N1CCNCC1)C1CCc2ccccc21. The van der Waals surface area contributed by atoms with Crippen molar-refractivity contribution in [3.8, 4) is 0 Å². The zero-order valence-electron chi connectivity index (χ0n) is 14.3. The van der Waals surface area contributed by atoms with Crippen LogP contribution in [0.2, 0.25) is 0 Å². The summed E-state index contributed by atoms with van der Waals surface area (Å²) in [6, 6.07) is 9.31. The molecule has 1 heterocycles. The Kier molecular flexibility index (Phi) is 5.68. The summed E-state index contributed by atoms with van der Waals surface area (Å²) in [6.07, 6.45) is 4.16. The van der Waals surface area contributed by atoms with Crippen molar-refractivity contribution in [1.29, 1.82) is 0 Å². The molecule has 1 aromatic carbocycles. The first kappa shape index (κ1) is 16.5. The topological polar surface area (TPSA) is 35.6 Å². The highest BCUT2D eigenvalue weighted by atomic mass is 16.2. The molecule has 1 saturated heterocycles. The van der Waals surface area contributed by atoms with Crippen LogP contribution in [-0.4, -0.2) is 55.0 Å². The summed E-state index contributed by atoms with van der Waals surface area (Å²) < 4.78 is 0. The quantitative estimate of drug-likeness (QED) is 0.874. The fraction of sp³-hybridized carbons (Fsp3) is 0.632. The number of nitrogens with one attached hydrogen (secondary N) is 1. The molecule has 1 amide bonds. The molecule has 1 atom stereocenters. The highest BCUT2D eigenvalue weighted by Crippen LogP contribution is 2.35. The predicted octanol–water partition coefficient (Wildman–Crippen LogP) is 2.21. The van der Waals surface area contributed by atoms with Gasteiger partial charge in [0.15, 0.2) is 0 Å². The van der Waals surface area contributed by atoms with Crippen LogP contribution in [0.3, 0.4) is 0 Å². The maximum atomic E-state index is 12.4. The van der Waals surface area contributed by atoms with Gasteiger partial charge in [0.2, 0.25) is 5.91 Å². The summed E-state index contributed by atoms with van der Waals surface area (Å²) in [5.41, 5.74) is 2.97. The Morgan fingerprint density at radius 3 is 2.83 bits per heavy atom. The third-order valence-electron chi connectivity index (χ3n) is 5.14. The summed E-state index contributed by atoms with van der Waals surface area (Å²) in [4.78, 5) is 17.0. The number of carbonyl (C=O) groups excluding carboxylic acids is 1. The summed E-state index contributed by atoms with van der Waals surface area (Å²) in [5, 5.41) is 3.31. The molecule has 0 bridgehead atoms. The van der Waals surface area contributed by atoms with Gasteiger partial charge in [0.25, 0.3) is 0 Å². The van der Waals surface area contributed by atoms with Gasteiger partial charge in [0.05, 0.1) is 0 Å². The van der Waals surface area contributed by atoms with Crippen LogP contribution in [0, 0.1) is 0 Å². The zero-order valence-corrected chi connectivity index (χ0v) is 14.3.